The number of carbonyl (C=O) groups excluding carboxylic acids is 1. The fourth-order valence-electron chi connectivity index (χ4n) is 2.17. The van der Waals surface area contributed by atoms with Gasteiger partial charge in [-0.15, -0.1) is 23.5 Å². The summed E-state index contributed by atoms with van der Waals surface area (Å²) < 4.78 is 5.77. The van der Waals surface area contributed by atoms with E-state index in [9.17, 15) is 4.79 Å². The highest BCUT2D eigenvalue weighted by Gasteiger charge is 2.39. The average molecular weight is 244 g/mol. The Morgan fingerprint density at radius 2 is 2.20 bits per heavy atom. The monoisotopic (exact) mass is 244 g/mol. The Morgan fingerprint density at radius 1 is 1.47 bits per heavy atom. The Hall–Kier alpha value is -0.0900. The highest BCUT2D eigenvalue weighted by Crippen LogP contribution is 2.49. The van der Waals surface area contributed by atoms with Crippen LogP contribution in [0.3, 0.4) is 0 Å². The summed E-state index contributed by atoms with van der Waals surface area (Å²) in [7, 11) is 0. The minimum absolute atomic E-state index is 0.132. The number of ether oxygens (including phenoxy) is 1. The third kappa shape index (κ3) is 2.72. The van der Waals surface area contributed by atoms with Crippen LogP contribution in [0.4, 0.5) is 0 Å². The van der Waals surface area contributed by atoms with Crippen LogP contribution < -0.4 is 0 Å². The third-order valence-electron chi connectivity index (χ3n) is 3.11. The smallest absolute Gasteiger partial charge is 0.330 e. The Bertz CT molecular complexity index is 249. The zero-order chi connectivity index (χ0) is 10.7. The van der Waals surface area contributed by atoms with E-state index in [1.807, 2.05) is 11.8 Å². The first-order valence-corrected chi connectivity index (χ1v) is 7.43. The van der Waals surface area contributed by atoms with E-state index in [1.54, 1.807) is 0 Å². The molecular formula is C11H16O2S2. The minimum Gasteiger partial charge on any atom is -0.459 e. The van der Waals surface area contributed by atoms with Gasteiger partial charge in [-0.2, -0.15) is 0 Å². The summed E-state index contributed by atoms with van der Waals surface area (Å²) in [5, 5.41) is 1.23. The lowest BCUT2D eigenvalue weighted by Crippen LogP contribution is -2.34. The molecule has 2 fully saturated rings. The second-order valence-corrected chi connectivity index (χ2v) is 6.93. The van der Waals surface area contributed by atoms with Crippen molar-refractivity contribution < 1.29 is 9.53 Å². The van der Waals surface area contributed by atoms with Crippen LogP contribution in [0.25, 0.3) is 0 Å². The standard InChI is InChI=1S/C11H16O2S2/c1-2-10(12)13-9-3-5-11(6-4-9)7-14-8-15-11/h2,9H,1,3-8H2. The molecule has 1 aliphatic carbocycles. The topological polar surface area (TPSA) is 26.3 Å². The van der Waals surface area contributed by atoms with Gasteiger partial charge in [-0.05, 0) is 25.7 Å². The molecule has 4 heteroatoms. The lowest BCUT2D eigenvalue weighted by Gasteiger charge is -2.35. The highest BCUT2D eigenvalue weighted by atomic mass is 32.2. The molecule has 0 N–H and O–H groups in total. The number of carbonyl (C=O) groups is 1. The van der Waals surface area contributed by atoms with Crippen molar-refractivity contribution in [2.24, 2.45) is 0 Å². The number of esters is 1. The molecular weight excluding hydrogens is 228 g/mol. The molecule has 1 spiro atoms. The average Bonchev–Trinajstić information content (AvgIpc) is 2.70. The first-order valence-electron chi connectivity index (χ1n) is 5.29. The van der Waals surface area contributed by atoms with Crippen molar-refractivity contribution in [3.63, 3.8) is 0 Å². The fraction of sp³-hybridized carbons (Fsp3) is 0.727. The molecule has 1 saturated heterocycles. The van der Waals surface area contributed by atoms with E-state index in [0.717, 1.165) is 12.8 Å². The van der Waals surface area contributed by atoms with E-state index in [1.165, 1.54) is 29.8 Å². The van der Waals surface area contributed by atoms with Crippen LogP contribution in [0.1, 0.15) is 25.7 Å². The summed E-state index contributed by atoms with van der Waals surface area (Å²) in [6.45, 7) is 3.42. The molecule has 0 aromatic heterocycles. The van der Waals surface area contributed by atoms with Gasteiger partial charge in [0.15, 0.2) is 0 Å². The van der Waals surface area contributed by atoms with Crippen LogP contribution in [-0.4, -0.2) is 27.7 Å². The first-order chi connectivity index (χ1) is 7.24. The van der Waals surface area contributed by atoms with Gasteiger partial charge in [0.2, 0.25) is 0 Å². The second kappa shape index (κ2) is 4.83. The van der Waals surface area contributed by atoms with Crippen LogP contribution in [0.2, 0.25) is 0 Å². The van der Waals surface area contributed by atoms with Crippen LogP contribution >= 0.6 is 23.5 Å². The van der Waals surface area contributed by atoms with Gasteiger partial charge >= 0.3 is 5.97 Å². The summed E-state index contributed by atoms with van der Waals surface area (Å²) in [5.41, 5.74) is 0. The Labute approximate surface area is 99.2 Å². The number of hydrogen-bond donors (Lipinski definition) is 0. The first kappa shape index (κ1) is 11.4. The third-order valence-corrected chi connectivity index (χ3v) is 6.35. The van der Waals surface area contributed by atoms with Crippen molar-refractivity contribution in [1.29, 1.82) is 0 Å². The fourth-order valence-corrected chi connectivity index (χ4v) is 5.61. The highest BCUT2D eigenvalue weighted by molar-refractivity contribution is 8.19. The van der Waals surface area contributed by atoms with Crippen molar-refractivity contribution in [3.8, 4) is 0 Å². The predicted molar refractivity (Wildman–Crippen MR) is 66.2 cm³/mol. The molecule has 0 aromatic carbocycles. The van der Waals surface area contributed by atoms with Gasteiger partial charge in [0, 0.05) is 21.7 Å². The van der Waals surface area contributed by atoms with E-state index >= 15 is 0 Å². The lowest BCUT2D eigenvalue weighted by molar-refractivity contribution is -0.144. The normalized spacial score (nSPS) is 35.3. The minimum atomic E-state index is -0.274. The zero-order valence-corrected chi connectivity index (χ0v) is 10.4. The van der Waals surface area contributed by atoms with Crippen molar-refractivity contribution >= 4 is 29.5 Å². The van der Waals surface area contributed by atoms with Crippen molar-refractivity contribution in [2.75, 3.05) is 10.8 Å². The van der Waals surface area contributed by atoms with E-state index in [0.29, 0.717) is 4.75 Å². The molecule has 1 saturated carbocycles. The molecule has 15 heavy (non-hydrogen) atoms. The van der Waals surface area contributed by atoms with Gasteiger partial charge in [0.1, 0.15) is 6.10 Å². The van der Waals surface area contributed by atoms with Crippen molar-refractivity contribution in [2.45, 2.75) is 36.5 Å². The molecule has 0 aromatic rings. The molecule has 0 amide bonds. The summed E-state index contributed by atoms with van der Waals surface area (Å²) in [5.74, 6) is 1.00. The largest absolute Gasteiger partial charge is 0.459 e. The SMILES string of the molecule is C=CC(=O)OC1CCC2(CC1)CSCS2. The molecule has 1 heterocycles. The quantitative estimate of drug-likeness (QED) is 0.551. The summed E-state index contributed by atoms with van der Waals surface area (Å²) in [6, 6.07) is 0. The Kier molecular flexibility index (Phi) is 3.67. The molecule has 2 nitrogen and oxygen atoms in total. The Balaban J connectivity index is 1.81. The van der Waals surface area contributed by atoms with Crippen molar-refractivity contribution in [1.82, 2.24) is 0 Å². The van der Waals surface area contributed by atoms with E-state index < -0.39 is 0 Å². The maximum Gasteiger partial charge on any atom is 0.330 e. The molecule has 0 bridgehead atoms. The van der Waals surface area contributed by atoms with Gasteiger partial charge in [-0.3, -0.25) is 0 Å². The van der Waals surface area contributed by atoms with E-state index in [-0.39, 0.29) is 12.1 Å². The van der Waals surface area contributed by atoms with Gasteiger partial charge in [0.05, 0.1) is 0 Å². The van der Waals surface area contributed by atoms with Crippen molar-refractivity contribution in [3.05, 3.63) is 12.7 Å². The molecule has 84 valence electrons. The summed E-state index contributed by atoms with van der Waals surface area (Å²) >= 11 is 4.13. The molecule has 1 aliphatic heterocycles. The van der Waals surface area contributed by atoms with Gasteiger partial charge in [-0.1, -0.05) is 6.58 Å². The van der Waals surface area contributed by atoms with Crippen LogP contribution in [0, 0.1) is 0 Å². The van der Waals surface area contributed by atoms with Crippen LogP contribution in [-0.2, 0) is 9.53 Å². The second-order valence-electron chi connectivity index (χ2n) is 4.13. The summed E-state index contributed by atoms with van der Waals surface area (Å²) in [6.07, 6.45) is 5.82. The molecule has 0 atom stereocenters. The van der Waals surface area contributed by atoms with Gasteiger partial charge in [-0.25, -0.2) is 4.79 Å². The van der Waals surface area contributed by atoms with E-state index in [2.05, 4.69) is 18.3 Å². The molecule has 2 rings (SSSR count). The van der Waals surface area contributed by atoms with Gasteiger partial charge in [0.25, 0.3) is 0 Å². The maximum absolute atomic E-state index is 11.0. The number of hydrogen-bond acceptors (Lipinski definition) is 4. The van der Waals surface area contributed by atoms with Gasteiger partial charge < -0.3 is 4.74 Å². The number of rotatable bonds is 2. The predicted octanol–water partition coefficient (Wildman–Crippen LogP) is 2.83. The van der Waals surface area contributed by atoms with E-state index in [4.69, 9.17) is 4.74 Å². The molecule has 2 aliphatic rings. The molecule has 0 unspecified atom stereocenters. The summed E-state index contributed by atoms with van der Waals surface area (Å²) in [4.78, 5) is 11.0. The number of thioether (sulfide) groups is 2. The van der Waals surface area contributed by atoms with Crippen LogP contribution in [0.15, 0.2) is 12.7 Å². The molecule has 0 radical (unpaired) electrons. The zero-order valence-electron chi connectivity index (χ0n) is 8.74. The van der Waals surface area contributed by atoms with Crippen LogP contribution in [0.5, 0.6) is 0 Å². The lowest BCUT2D eigenvalue weighted by atomic mass is 9.88. The maximum atomic E-state index is 11.0. The Morgan fingerprint density at radius 3 is 2.73 bits per heavy atom.